The average molecular weight is 488 g/mol. The zero-order chi connectivity index (χ0) is 18.2. The van der Waals surface area contributed by atoms with Gasteiger partial charge in [0.25, 0.3) is 0 Å². The first kappa shape index (κ1) is 26.8. The van der Waals surface area contributed by atoms with Crippen LogP contribution in [0.1, 0.15) is 47.0 Å². The summed E-state index contributed by atoms with van der Waals surface area (Å²) in [7, 11) is 0. The van der Waals surface area contributed by atoms with Crippen molar-refractivity contribution < 1.29 is 9.53 Å². The molecule has 0 aliphatic carbocycles. The molecule has 0 fully saturated rings. The van der Waals surface area contributed by atoms with Crippen molar-refractivity contribution in [3.63, 3.8) is 0 Å². The lowest BCUT2D eigenvalue weighted by Crippen LogP contribution is -2.41. The van der Waals surface area contributed by atoms with Crippen LogP contribution >= 0.6 is 35.7 Å². The van der Waals surface area contributed by atoms with Crippen LogP contribution in [-0.2, 0) is 4.74 Å². The van der Waals surface area contributed by atoms with Gasteiger partial charge in [-0.2, -0.15) is 11.8 Å². The lowest BCUT2D eigenvalue weighted by Gasteiger charge is -2.19. The Bertz CT molecular complexity index is 358. The number of aliphatic imine (C=N–C) groups is 1. The second-order valence-electron chi connectivity index (χ2n) is 6.04. The molecular weight excluding hydrogens is 451 g/mol. The van der Waals surface area contributed by atoms with Gasteiger partial charge in [-0.25, -0.2) is 4.79 Å². The highest BCUT2D eigenvalue weighted by atomic mass is 127. The Labute approximate surface area is 175 Å². The van der Waals surface area contributed by atoms with Gasteiger partial charge < -0.3 is 20.7 Å². The lowest BCUT2D eigenvalue weighted by atomic mass is 10.0. The first-order chi connectivity index (χ1) is 11.5. The maximum absolute atomic E-state index is 11.7. The third-order valence-corrected chi connectivity index (χ3v) is 3.93. The summed E-state index contributed by atoms with van der Waals surface area (Å²) in [6.45, 7) is 10.8. The van der Waals surface area contributed by atoms with Gasteiger partial charge in [0.05, 0.1) is 19.2 Å². The molecule has 1 amide bonds. The number of amides is 1. The van der Waals surface area contributed by atoms with E-state index in [0.717, 1.165) is 31.9 Å². The smallest absolute Gasteiger partial charge is 0.407 e. The zero-order valence-electron chi connectivity index (χ0n) is 16.4. The summed E-state index contributed by atoms with van der Waals surface area (Å²) >= 11 is 1.87. The van der Waals surface area contributed by atoms with E-state index in [2.05, 4.69) is 41.0 Å². The average Bonchev–Trinajstić information content (AvgIpc) is 2.51. The van der Waals surface area contributed by atoms with Gasteiger partial charge in [0.2, 0.25) is 0 Å². The first-order valence-corrected chi connectivity index (χ1v) is 10.4. The van der Waals surface area contributed by atoms with E-state index in [0.29, 0.717) is 19.1 Å². The molecule has 8 heteroatoms. The molecule has 0 heterocycles. The number of hydrogen-bond donors (Lipinski definition) is 3. The SMILES string of the molecule is CCNC(=NCC(CC(C)C)NC(=O)OCC)NCCCCSC.I. The van der Waals surface area contributed by atoms with Crippen LogP contribution in [-0.4, -0.2) is 56.3 Å². The monoisotopic (exact) mass is 488 g/mol. The molecule has 0 rings (SSSR count). The molecule has 6 nitrogen and oxygen atoms in total. The number of carbonyl (C=O) groups excluding carboxylic acids is 1. The Balaban J connectivity index is 0. The molecule has 0 radical (unpaired) electrons. The predicted octanol–water partition coefficient (Wildman–Crippen LogP) is 3.46. The number of guanidine groups is 1. The van der Waals surface area contributed by atoms with Crippen molar-refractivity contribution in [2.45, 2.75) is 53.0 Å². The van der Waals surface area contributed by atoms with Crippen LogP contribution in [0.15, 0.2) is 4.99 Å². The number of unbranched alkanes of at least 4 members (excludes halogenated alkanes) is 1. The summed E-state index contributed by atoms with van der Waals surface area (Å²) in [6.07, 6.45) is 4.96. The van der Waals surface area contributed by atoms with Crippen molar-refractivity contribution in [2.75, 3.05) is 38.2 Å². The Morgan fingerprint density at radius 2 is 1.92 bits per heavy atom. The van der Waals surface area contributed by atoms with Crippen LogP contribution in [0.3, 0.4) is 0 Å². The van der Waals surface area contributed by atoms with Crippen molar-refractivity contribution in [2.24, 2.45) is 10.9 Å². The van der Waals surface area contributed by atoms with Crippen molar-refractivity contribution in [3.8, 4) is 0 Å². The highest BCUT2D eigenvalue weighted by Crippen LogP contribution is 2.05. The molecule has 1 unspecified atom stereocenters. The Hall–Kier alpha value is -0.380. The van der Waals surface area contributed by atoms with Crippen LogP contribution in [0.2, 0.25) is 0 Å². The molecule has 0 aromatic heterocycles. The molecule has 25 heavy (non-hydrogen) atoms. The molecule has 0 bridgehead atoms. The van der Waals surface area contributed by atoms with Gasteiger partial charge in [0, 0.05) is 13.1 Å². The largest absolute Gasteiger partial charge is 0.450 e. The van der Waals surface area contributed by atoms with Gasteiger partial charge >= 0.3 is 6.09 Å². The normalized spacial score (nSPS) is 12.3. The molecule has 0 aromatic carbocycles. The highest BCUT2D eigenvalue weighted by Gasteiger charge is 2.14. The lowest BCUT2D eigenvalue weighted by molar-refractivity contribution is 0.147. The number of rotatable bonds is 12. The quantitative estimate of drug-likeness (QED) is 0.170. The van der Waals surface area contributed by atoms with Crippen molar-refractivity contribution in [1.29, 1.82) is 0 Å². The minimum atomic E-state index is -0.367. The van der Waals surface area contributed by atoms with E-state index in [4.69, 9.17) is 4.74 Å². The van der Waals surface area contributed by atoms with Crippen molar-refractivity contribution in [3.05, 3.63) is 0 Å². The second kappa shape index (κ2) is 18.4. The molecule has 1 atom stereocenters. The molecule has 0 saturated carbocycles. The van der Waals surface area contributed by atoms with Gasteiger partial charge in [-0.05, 0) is 51.0 Å². The number of thioether (sulfide) groups is 1. The fourth-order valence-electron chi connectivity index (χ4n) is 2.21. The summed E-state index contributed by atoms with van der Waals surface area (Å²) in [4.78, 5) is 16.3. The number of alkyl carbamates (subject to hydrolysis) is 1. The standard InChI is InChI=1S/C17H36N4O2S.HI/c1-6-18-16(19-10-8-9-11-24-5)20-13-15(12-14(3)4)21-17(22)23-7-2;/h14-15H,6-13H2,1-5H3,(H,21,22)(H2,18,19,20);1H. The third-order valence-electron chi connectivity index (χ3n) is 3.24. The van der Waals surface area contributed by atoms with E-state index in [1.807, 2.05) is 18.7 Å². The van der Waals surface area contributed by atoms with Crippen LogP contribution in [0.4, 0.5) is 4.79 Å². The fraction of sp³-hybridized carbons (Fsp3) is 0.882. The Morgan fingerprint density at radius 1 is 1.20 bits per heavy atom. The van der Waals surface area contributed by atoms with Crippen LogP contribution in [0.5, 0.6) is 0 Å². The Kier molecular flexibility index (Phi) is 19.8. The van der Waals surface area contributed by atoms with Crippen LogP contribution in [0.25, 0.3) is 0 Å². The first-order valence-electron chi connectivity index (χ1n) is 8.97. The summed E-state index contributed by atoms with van der Waals surface area (Å²) in [5.74, 6) is 2.48. The number of nitrogens with zero attached hydrogens (tertiary/aromatic N) is 1. The van der Waals surface area contributed by atoms with E-state index < -0.39 is 0 Å². The van der Waals surface area contributed by atoms with E-state index in [1.54, 1.807) is 6.92 Å². The minimum absolute atomic E-state index is 0. The van der Waals surface area contributed by atoms with Gasteiger partial charge in [0.15, 0.2) is 5.96 Å². The molecule has 0 aliphatic heterocycles. The number of carbonyl (C=O) groups is 1. The van der Waals surface area contributed by atoms with E-state index in [9.17, 15) is 4.79 Å². The summed E-state index contributed by atoms with van der Waals surface area (Å²) in [6, 6.07) is -0.0176. The molecule has 3 N–H and O–H groups in total. The van der Waals surface area contributed by atoms with E-state index in [1.165, 1.54) is 12.2 Å². The van der Waals surface area contributed by atoms with Crippen LogP contribution in [0, 0.1) is 5.92 Å². The number of hydrogen-bond acceptors (Lipinski definition) is 4. The van der Waals surface area contributed by atoms with E-state index >= 15 is 0 Å². The summed E-state index contributed by atoms with van der Waals surface area (Å²) < 4.78 is 4.98. The van der Waals surface area contributed by atoms with E-state index in [-0.39, 0.29) is 36.1 Å². The number of halogens is 1. The van der Waals surface area contributed by atoms with Crippen LogP contribution < -0.4 is 16.0 Å². The fourth-order valence-corrected chi connectivity index (χ4v) is 2.70. The zero-order valence-corrected chi connectivity index (χ0v) is 19.5. The maximum atomic E-state index is 11.7. The molecule has 150 valence electrons. The predicted molar refractivity (Wildman–Crippen MR) is 120 cm³/mol. The number of nitrogens with one attached hydrogen (secondary N) is 3. The minimum Gasteiger partial charge on any atom is -0.450 e. The molecule has 0 spiro atoms. The molecule has 0 saturated heterocycles. The van der Waals surface area contributed by atoms with Gasteiger partial charge in [-0.1, -0.05) is 13.8 Å². The van der Waals surface area contributed by atoms with Crippen molar-refractivity contribution in [1.82, 2.24) is 16.0 Å². The number of ether oxygens (including phenoxy) is 1. The maximum Gasteiger partial charge on any atom is 0.407 e. The molecule has 0 aliphatic rings. The van der Waals surface area contributed by atoms with Gasteiger partial charge in [0.1, 0.15) is 0 Å². The van der Waals surface area contributed by atoms with Crippen molar-refractivity contribution >= 4 is 47.8 Å². The third kappa shape index (κ3) is 16.8. The highest BCUT2D eigenvalue weighted by molar-refractivity contribution is 14.0. The summed E-state index contributed by atoms with van der Waals surface area (Å²) in [5, 5.41) is 9.51. The van der Waals surface area contributed by atoms with Gasteiger partial charge in [-0.3, -0.25) is 4.99 Å². The summed E-state index contributed by atoms with van der Waals surface area (Å²) in [5.41, 5.74) is 0. The molecule has 0 aromatic rings. The molecular formula is C17H37IN4O2S. The Morgan fingerprint density at radius 3 is 2.48 bits per heavy atom. The topological polar surface area (TPSA) is 74.8 Å². The second-order valence-corrected chi connectivity index (χ2v) is 7.02. The van der Waals surface area contributed by atoms with Gasteiger partial charge in [-0.15, -0.1) is 24.0 Å².